The topological polar surface area (TPSA) is 55.3 Å². The van der Waals surface area contributed by atoms with E-state index in [1.807, 2.05) is 55.9 Å². The lowest BCUT2D eigenvalue weighted by Gasteiger charge is -2.17. The van der Waals surface area contributed by atoms with Crippen molar-refractivity contribution in [3.63, 3.8) is 0 Å². The number of amides is 1. The molecule has 5 nitrogen and oxygen atoms in total. The summed E-state index contributed by atoms with van der Waals surface area (Å²) in [6.07, 6.45) is 0.815. The van der Waals surface area contributed by atoms with Crippen molar-refractivity contribution >= 4 is 17.2 Å². The van der Waals surface area contributed by atoms with Gasteiger partial charge in [0.25, 0.3) is 5.91 Å². The third-order valence-electron chi connectivity index (χ3n) is 4.20. The van der Waals surface area contributed by atoms with Crippen LogP contribution in [-0.2, 0) is 6.42 Å². The second-order valence-electron chi connectivity index (χ2n) is 5.98. The van der Waals surface area contributed by atoms with E-state index in [1.165, 1.54) is 4.88 Å². The third-order valence-corrected chi connectivity index (χ3v) is 5.20. The fourth-order valence-electron chi connectivity index (χ4n) is 2.66. The van der Waals surface area contributed by atoms with E-state index in [2.05, 4.69) is 9.97 Å². The summed E-state index contributed by atoms with van der Waals surface area (Å²) >= 11 is 1.63. The Morgan fingerprint density at radius 1 is 1.23 bits per heavy atom. The maximum atomic E-state index is 12.8. The second-order valence-corrected chi connectivity index (χ2v) is 6.92. The van der Waals surface area contributed by atoms with Crippen molar-refractivity contribution in [2.24, 2.45) is 0 Å². The van der Waals surface area contributed by atoms with Crippen molar-refractivity contribution in [3.05, 3.63) is 64.1 Å². The molecule has 0 unspecified atom stereocenters. The van der Waals surface area contributed by atoms with Crippen LogP contribution in [0.1, 0.15) is 20.9 Å². The van der Waals surface area contributed by atoms with Crippen molar-refractivity contribution in [2.75, 3.05) is 20.7 Å². The van der Waals surface area contributed by atoms with Crippen LogP contribution in [0.3, 0.4) is 0 Å². The zero-order valence-electron chi connectivity index (χ0n) is 15.1. The van der Waals surface area contributed by atoms with Crippen LogP contribution in [0.5, 0.6) is 5.88 Å². The van der Waals surface area contributed by atoms with Gasteiger partial charge in [0.2, 0.25) is 5.88 Å². The molecule has 0 atom stereocenters. The number of hydrogen-bond donors (Lipinski definition) is 0. The fourth-order valence-corrected chi connectivity index (χ4v) is 3.43. The predicted octanol–water partition coefficient (Wildman–Crippen LogP) is 3.84. The third kappa shape index (κ3) is 4.08. The van der Waals surface area contributed by atoms with Crippen LogP contribution in [0.15, 0.2) is 48.0 Å². The molecule has 3 aromatic rings. The number of aryl methyl sites for hydroxylation is 1. The van der Waals surface area contributed by atoms with Crippen molar-refractivity contribution < 1.29 is 9.53 Å². The molecule has 0 spiro atoms. The number of likely N-dealkylation sites (N-methyl/N-ethyl adjacent to an activating group) is 1. The average molecular weight is 367 g/mol. The summed E-state index contributed by atoms with van der Waals surface area (Å²) in [5.74, 6) is 0.549. The first-order valence-electron chi connectivity index (χ1n) is 8.34. The summed E-state index contributed by atoms with van der Waals surface area (Å²) in [6, 6.07) is 13.1. The molecule has 0 fully saturated rings. The van der Waals surface area contributed by atoms with Crippen LogP contribution < -0.4 is 4.74 Å². The van der Waals surface area contributed by atoms with Crippen molar-refractivity contribution in [1.82, 2.24) is 14.9 Å². The summed E-state index contributed by atoms with van der Waals surface area (Å²) in [5, 5.41) is 0. The van der Waals surface area contributed by atoms with E-state index in [9.17, 15) is 4.79 Å². The van der Waals surface area contributed by atoms with E-state index in [4.69, 9.17) is 4.74 Å². The molecule has 0 aliphatic heterocycles. The van der Waals surface area contributed by atoms with Crippen LogP contribution in [-0.4, -0.2) is 41.5 Å². The number of pyridine rings is 1. The molecular formula is C20H21N3O2S. The molecule has 1 amide bonds. The highest BCUT2D eigenvalue weighted by Crippen LogP contribution is 2.21. The summed E-state index contributed by atoms with van der Waals surface area (Å²) in [5.41, 5.74) is 5.21. The first-order valence-corrected chi connectivity index (χ1v) is 9.22. The van der Waals surface area contributed by atoms with E-state index in [-0.39, 0.29) is 5.91 Å². The summed E-state index contributed by atoms with van der Waals surface area (Å²) in [6.45, 7) is 2.65. The molecule has 0 saturated carbocycles. The number of carbonyl (C=O) groups is 1. The first-order chi connectivity index (χ1) is 12.6. The van der Waals surface area contributed by atoms with Gasteiger partial charge in [0.05, 0.1) is 24.0 Å². The van der Waals surface area contributed by atoms with Crippen LogP contribution in [0.4, 0.5) is 0 Å². The van der Waals surface area contributed by atoms with Crippen molar-refractivity contribution in [1.29, 1.82) is 0 Å². The number of carbonyl (C=O) groups excluding carboxylic acids is 1. The number of hydrogen-bond acceptors (Lipinski definition) is 5. The van der Waals surface area contributed by atoms with Gasteiger partial charge in [0.1, 0.15) is 0 Å². The minimum Gasteiger partial charge on any atom is -0.481 e. The van der Waals surface area contributed by atoms with E-state index in [1.54, 1.807) is 29.4 Å². The summed E-state index contributed by atoms with van der Waals surface area (Å²) < 4.78 is 5.18. The molecule has 0 N–H and O–H groups in total. The Bertz CT molecular complexity index is 907. The summed E-state index contributed by atoms with van der Waals surface area (Å²) in [4.78, 5) is 24.4. The number of nitrogens with zero attached hydrogens (tertiary/aromatic N) is 3. The maximum absolute atomic E-state index is 12.8. The van der Waals surface area contributed by atoms with Crippen molar-refractivity contribution in [2.45, 2.75) is 13.3 Å². The van der Waals surface area contributed by atoms with E-state index in [0.717, 1.165) is 23.4 Å². The highest BCUT2D eigenvalue weighted by Gasteiger charge is 2.14. The maximum Gasteiger partial charge on any atom is 0.253 e. The number of ether oxygens (including phenoxy) is 1. The molecule has 26 heavy (non-hydrogen) atoms. The zero-order valence-corrected chi connectivity index (χ0v) is 15.9. The molecule has 0 saturated heterocycles. The molecule has 0 radical (unpaired) electrons. The van der Waals surface area contributed by atoms with Gasteiger partial charge in [-0.2, -0.15) is 0 Å². The lowest BCUT2D eigenvalue weighted by Crippen LogP contribution is -2.28. The molecule has 134 valence electrons. The van der Waals surface area contributed by atoms with Gasteiger partial charge < -0.3 is 9.64 Å². The van der Waals surface area contributed by atoms with Gasteiger partial charge in [-0.15, -0.1) is 11.3 Å². The standard InChI is InChI=1S/C20H21N3O2S/c1-14-18(26-13-21-14)10-11-23(2)20(24)16-7-4-6-15(12-16)17-8-5-9-19(22-17)25-3/h4-9,12-13H,10-11H2,1-3H3. The Kier molecular flexibility index (Phi) is 5.63. The molecule has 3 rings (SSSR count). The van der Waals surface area contributed by atoms with Gasteiger partial charge in [-0.1, -0.05) is 18.2 Å². The number of methoxy groups -OCH3 is 1. The second kappa shape index (κ2) is 8.10. The quantitative estimate of drug-likeness (QED) is 0.664. The summed E-state index contributed by atoms with van der Waals surface area (Å²) in [7, 11) is 3.42. The predicted molar refractivity (Wildman–Crippen MR) is 104 cm³/mol. The van der Waals surface area contributed by atoms with E-state index >= 15 is 0 Å². The van der Waals surface area contributed by atoms with Gasteiger partial charge in [-0.3, -0.25) is 4.79 Å². The van der Waals surface area contributed by atoms with Gasteiger partial charge in [-0.25, -0.2) is 9.97 Å². The van der Waals surface area contributed by atoms with Crippen LogP contribution in [0.25, 0.3) is 11.3 Å². The average Bonchev–Trinajstić information content (AvgIpc) is 3.10. The lowest BCUT2D eigenvalue weighted by molar-refractivity contribution is 0.0797. The molecular weight excluding hydrogens is 346 g/mol. The lowest BCUT2D eigenvalue weighted by atomic mass is 10.1. The fraction of sp³-hybridized carbons (Fsp3) is 0.250. The monoisotopic (exact) mass is 367 g/mol. The SMILES string of the molecule is COc1cccc(-c2cccc(C(=O)N(C)CCc3scnc3C)c2)n1. The van der Waals surface area contributed by atoms with E-state index in [0.29, 0.717) is 18.0 Å². The van der Waals surface area contributed by atoms with Crippen LogP contribution in [0.2, 0.25) is 0 Å². The Morgan fingerprint density at radius 3 is 2.77 bits per heavy atom. The highest BCUT2D eigenvalue weighted by molar-refractivity contribution is 7.09. The van der Waals surface area contributed by atoms with Gasteiger partial charge in [0, 0.05) is 42.1 Å². The Balaban J connectivity index is 1.74. The van der Waals surface area contributed by atoms with Gasteiger partial charge >= 0.3 is 0 Å². The normalized spacial score (nSPS) is 10.6. The van der Waals surface area contributed by atoms with Crippen LogP contribution in [0, 0.1) is 6.92 Å². The number of thiazole rings is 1. The Morgan fingerprint density at radius 2 is 2.04 bits per heavy atom. The Hall–Kier alpha value is -2.73. The molecule has 2 aromatic heterocycles. The Labute approximate surface area is 157 Å². The largest absolute Gasteiger partial charge is 0.481 e. The van der Waals surface area contributed by atoms with Crippen molar-refractivity contribution in [3.8, 4) is 17.1 Å². The molecule has 0 bridgehead atoms. The highest BCUT2D eigenvalue weighted by atomic mass is 32.1. The number of aromatic nitrogens is 2. The number of benzene rings is 1. The number of rotatable bonds is 6. The van der Waals surface area contributed by atoms with Gasteiger partial charge in [-0.05, 0) is 25.1 Å². The smallest absolute Gasteiger partial charge is 0.253 e. The molecule has 0 aliphatic carbocycles. The minimum absolute atomic E-state index is 0.00286. The van der Waals surface area contributed by atoms with Gasteiger partial charge in [0.15, 0.2) is 0 Å². The van der Waals surface area contributed by atoms with Crippen LogP contribution >= 0.6 is 11.3 Å². The minimum atomic E-state index is -0.00286. The molecule has 2 heterocycles. The molecule has 1 aromatic carbocycles. The zero-order chi connectivity index (χ0) is 18.5. The molecule has 6 heteroatoms. The van der Waals surface area contributed by atoms with E-state index < -0.39 is 0 Å². The molecule has 0 aliphatic rings. The first kappa shape index (κ1) is 18.1.